The SMILES string of the molecule is CN(CC(N)=O)c1ccc(CN)cc1. The quantitative estimate of drug-likeness (QED) is 0.710. The maximum atomic E-state index is 10.7. The van der Waals surface area contributed by atoms with E-state index in [-0.39, 0.29) is 12.5 Å². The van der Waals surface area contributed by atoms with Gasteiger partial charge in [-0.05, 0) is 17.7 Å². The van der Waals surface area contributed by atoms with E-state index in [0.29, 0.717) is 6.54 Å². The Kier molecular flexibility index (Phi) is 3.48. The molecule has 0 spiro atoms. The topological polar surface area (TPSA) is 72.3 Å². The van der Waals surface area contributed by atoms with E-state index in [1.165, 1.54) is 0 Å². The first-order valence-corrected chi connectivity index (χ1v) is 4.42. The zero-order valence-corrected chi connectivity index (χ0v) is 8.23. The lowest BCUT2D eigenvalue weighted by Crippen LogP contribution is -2.30. The van der Waals surface area contributed by atoms with Gasteiger partial charge in [0, 0.05) is 19.3 Å². The van der Waals surface area contributed by atoms with Gasteiger partial charge >= 0.3 is 0 Å². The summed E-state index contributed by atoms with van der Waals surface area (Å²) in [5, 5.41) is 0. The van der Waals surface area contributed by atoms with Crippen molar-refractivity contribution in [1.29, 1.82) is 0 Å². The van der Waals surface area contributed by atoms with Gasteiger partial charge in [-0.15, -0.1) is 0 Å². The number of anilines is 1. The smallest absolute Gasteiger partial charge is 0.236 e. The molecule has 0 saturated heterocycles. The van der Waals surface area contributed by atoms with Crippen LogP contribution in [0.15, 0.2) is 24.3 Å². The molecule has 1 amide bonds. The highest BCUT2D eigenvalue weighted by atomic mass is 16.1. The number of hydrogen-bond donors (Lipinski definition) is 2. The summed E-state index contributed by atoms with van der Waals surface area (Å²) >= 11 is 0. The van der Waals surface area contributed by atoms with E-state index in [1.807, 2.05) is 31.3 Å². The molecule has 0 saturated carbocycles. The lowest BCUT2D eigenvalue weighted by atomic mass is 10.2. The second-order valence-electron chi connectivity index (χ2n) is 3.19. The summed E-state index contributed by atoms with van der Waals surface area (Å²) in [5.41, 5.74) is 12.6. The normalized spacial score (nSPS) is 9.86. The summed E-state index contributed by atoms with van der Waals surface area (Å²) in [4.78, 5) is 12.5. The van der Waals surface area contributed by atoms with Gasteiger partial charge in [0.1, 0.15) is 0 Å². The number of nitrogens with zero attached hydrogens (tertiary/aromatic N) is 1. The van der Waals surface area contributed by atoms with E-state index in [9.17, 15) is 4.79 Å². The van der Waals surface area contributed by atoms with E-state index in [2.05, 4.69) is 0 Å². The molecule has 0 heterocycles. The predicted octanol–water partition coefficient (Wildman–Crippen LogP) is 0.0668. The lowest BCUT2D eigenvalue weighted by molar-refractivity contribution is -0.116. The minimum Gasteiger partial charge on any atom is -0.368 e. The first-order chi connectivity index (χ1) is 6.63. The van der Waals surface area contributed by atoms with Crippen molar-refractivity contribution in [3.05, 3.63) is 29.8 Å². The lowest BCUT2D eigenvalue weighted by Gasteiger charge is -2.17. The fraction of sp³-hybridized carbons (Fsp3) is 0.300. The molecule has 0 aliphatic rings. The molecule has 0 unspecified atom stereocenters. The summed E-state index contributed by atoms with van der Waals surface area (Å²) in [7, 11) is 1.82. The number of primary amides is 1. The van der Waals surface area contributed by atoms with Crippen LogP contribution in [0.3, 0.4) is 0 Å². The molecular weight excluding hydrogens is 178 g/mol. The molecule has 1 aromatic rings. The molecule has 1 rings (SSSR count). The van der Waals surface area contributed by atoms with Crippen LogP contribution in [0.5, 0.6) is 0 Å². The van der Waals surface area contributed by atoms with Gasteiger partial charge in [0.25, 0.3) is 0 Å². The molecule has 4 N–H and O–H groups in total. The van der Waals surface area contributed by atoms with Crippen molar-refractivity contribution in [1.82, 2.24) is 0 Å². The Morgan fingerprint density at radius 2 is 1.93 bits per heavy atom. The number of likely N-dealkylation sites (N-methyl/N-ethyl adjacent to an activating group) is 1. The van der Waals surface area contributed by atoms with Crippen molar-refractivity contribution in [2.45, 2.75) is 6.54 Å². The minimum atomic E-state index is -0.338. The third kappa shape index (κ3) is 2.74. The average molecular weight is 193 g/mol. The van der Waals surface area contributed by atoms with Gasteiger partial charge in [-0.2, -0.15) is 0 Å². The average Bonchev–Trinajstić information content (AvgIpc) is 2.17. The van der Waals surface area contributed by atoms with Crippen LogP contribution in [0.25, 0.3) is 0 Å². The number of benzene rings is 1. The Bertz CT molecular complexity index is 308. The van der Waals surface area contributed by atoms with Crippen LogP contribution >= 0.6 is 0 Å². The number of nitrogens with two attached hydrogens (primary N) is 2. The largest absolute Gasteiger partial charge is 0.368 e. The summed E-state index contributed by atoms with van der Waals surface area (Å²) < 4.78 is 0. The highest BCUT2D eigenvalue weighted by molar-refractivity contribution is 5.79. The second-order valence-corrected chi connectivity index (χ2v) is 3.19. The Balaban J connectivity index is 2.71. The molecular formula is C10H15N3O. The van der Waals surface area contributed by atoms with Gasteiger partial charge < -0.3 is 16.4 Å². The molecule has 0 aromatic heterocycles. The number of rotatable bonds is 4. The summed E-state index contributed by atoms with van der Waals surface area (Å²) in [5.74, 6) is -0.338. The van der Waals surface area contributed by atoms with E-state index in [1.54, 1.807) is 4.90 Å². The predicted molar refractivity (Wildman–Crippen MR) is 56.8 cm³/mol. The van der Waals surface area contributed by atoms with Crippen molar-refractivity contribution in [2.24, 2.45) is 11.5 Å². The maximum absolute atomic E-state index is 10.7. The molecule has 0 bridgehead atoms. The molecule has 1 aromatic carbocycles. The number of carbonyl (C=O) groups is 1. The van der Waals surface area contributed by atoms with Crippen LogP contribution in [0.2, 0.25) is 0 Å². The summed E-state index contributed by atoms with van der Waals surface area (Å²) in [6.07, 6.45) is 0. The standard InChI is InChI=1S/C10H15N3O/c1-13(7-10(12)14)9-4-2-8(6-11)3-5-9/h2-5H,6-7,11H2,1H3,(H2,12,14). The zero-order valence-electron chi connectivity index (χ0n) is 8.23. The summed E-state index contributed by atoms with van der Waals surface area (Å²) in [6, 6.07) is 7.72. The van der Waals surface area contributed by atoms with E-state index >= 15 is 0 Å². The third-order valence-corrected chi connectivity index (χ3v) is 2.01. The van der Waals surface area contributed by atoms with Crippen LogP contribution < -0.4 is 16.4 Å². The number of hydrogen-bond acceptors (Lipinski definition) is 3. The van der Waals surface area contributed by atoms with Gasteiger partial charge in [0.2, 0.25) is 5.91 Å². The van der Waals surface area contributed by atoms with Crippen LogP contribution in [-0.4, -0.2) is 19.5 Å². The fourth-order valence-electron chi connectivity index (χ4n) is 1.21. The monoisotopic (exact) mass is 193 g/mol. The molecule has 0 fully saturated rings. The van der Waals surface area contributed by atoms with Crippen molar-refractivity contribution in [3.8, 4) is 0 Å². The van der Waals surface area contributed by atoms with Gasteiger partial charge in [0.15, 0.2) is 0 Å². The number of amides is 1. The molecule has 0 aliphatic heterocycles. The van der Waals surface area contributed by atoms with Crippen molar-refractivity contribution in [2.75, 3.05) is 18.5 Å². The van der Waals surface area contributed by atoms with Crippen LogP contribution in [0.4, 0.5) is 5.69 Å². The Labute approximate surface area is 83.5 Å². The number of carbonyl (C=O) groups excluding carboxylic acids is 1. The molecule has 4 heteroatoms. The minimum absolute atomic E-state index is 0.224. The Morgan fingerprint density at radius 3 is 2.36 bits per heavy atom. The highest BCUT2D eigenvalue weighted by Gasteiger charge is 2.03. The maximum Gasteiger partial charge on any atom is 0.236 e. The molecule has 76 valence electrons. The Hall–Kier alpha value is -1.55. The molecule has 0 radical (unpaired) electrons. The molecule has 0 atom stereocenters. The van der Waals surface area contributed by atoms with Gasteiger partial charge in [-0.3, -0.25) is 4.79 Å². The van der Waals surface area contributed by atoms with E-state index in [4.69, 9.17) is 11.5 Å². The van der Waals surface area contributed by atoms with E-state index in [0.717, 1.165) is 11.3 Å². The van der Waals surface area contributed by atoms with Crippen LogP contribution in [0.1, 0.15) is 5.56 Å². The Morgan fingerprint density at radius 1 is 1.36 bits per heavy atom. The first-order valence-electron chi connectivity index (χ1n) is 4.42. The van der Waals surface area contributed by atoms with Crippen LogP contribution in [-0.2, 0) is 11.3 Å². The van der Waals surface area contributed by atoms with Crippen molar-refractivity contribution >= 4 is 11.6 Å². The molecule has 14 heavy (non-hydrogen) atoms. The fourth-order valence-corrected chi connectivity index (χ4v) is 1.21. The van der Waals surface area contributed by atoms with Gasteiger partial charge in [-0.1, -0.05) is 12.1 Å². The van der Waals surface area contributed by atoms with Crippen molar-refractivity contribution < 1.29 is 4.79 Å². The second kappa shape index (κ2) is 4.62. The molecule has 4 nitrogen and oxygen atoms in total. The molecule has 0 aliphatic carbocycles. The summed E-state index contributed by atoms with van der Waals surface area (Å²) in [6.45, 7) is 0.752. The zero-order chi connectivity index (χ0) is 10.6. The van der Waals surface area contributed by atoms with Gasteiger partial charge in [0.05, 0.1) is 6.54 Å². The van der Waals surface area contributed by atoms with Crippen molar-refractivity contribution in [3.63, 3.8) is 0 Å². The third-order valence-electron chi connectivity index (χ3n) is 2.01. The van der Waals surface area contributed by atoms with Gasteiger partial charge in [-0.25, -0.2) is 0 Å². The highest BCUT2D eigenvalue weighted by Crippen LogP contribution is 2.12. The van der Waals surface area contributed by atoms with E-state index < -0.39 is 0 Å². The van der Waals surface area contributed by atoms with Crippen LogP contribution in [0, 0.1) is 0 Å². The first kappa shape index (κ1) is 10.5.